The molecule has 0 aromatic heterocycles. The van der Waals surface area contributed by atoms with Crippen molar-refractivity contribution < 1.29 is 23.8 Å². The van der Waals surface area contributed by atoms with E-state index in [4.69, 9.17) is 14.2 Å². The topological polar surface area (TPSA) is 73.9 Å². The van der Waals surface area contributed by atoms with Crippen molar-refractivity contribution in [3.63, 3.8) is 0 Å². The fraction of sp³-hybridized carbons (Fsp3) is 0.364. The van der Waals surface area contributed by atoms with Crippen LogP contribution in [0.4, 0.5) is 0 Å². The van der Waals surface area contributed by atoms with Gasteiger partial charge in [0.1, 0.15) is 11.5 Å². The third-order valence-electron chi connectivity index (χ3n) is 5.05. The maximum Gasteiger partial charge on any atom is 0.333 e. The van der Waals surface area contributed by atoms with Gasteiger partial charge < -0.3 is 19.5 Å². The fourth-order valence-corrected chi connectivity index (χ4v) is 3.41. The predicted molar refractivity (Wildman–Crippen MR) is 104 cm³/mol. The average molecular weight is 383 g/mol. The highest BCUT2D eigenvalue weighted by molar-refractivity contribution is 5.90. The van der Waals surface area contributed by atoms with Gasteiger partial charge in [-0.2, -0.15) is 0 Å². The van der Waals surface area contributed by atoms with Crippen molar-refractivity contribution in [2.75, 3.05) is 14.2 Å². The van der Waals surface area contributed by atoms with Crippen molar-refractivity contribution in [3.8, 4) is 11.5 Å². The number of fused-ring (bicyclic) bond motifs is 1. The molecule has 1 aliphatic heterocycles. The highest BCUT2D eigenvalue weighted by atomic mass is 16.5. The smallest absolute Gasteiger partial charge is 0.333 e. The molecule has 0 aliphatic carbocycles. The van der Waals surface area contributed by atoms with E-state index in [9.17, 15) is 9.59 Å². The van der Waals surface area contributed by atoms with Gasteiger partial charge in [0.25, 0.3) is 5.91 Å². The van der Waals surface area contributed by atoms with Crippen molar-refractivity contribution >= 4 is 11.9 Å². The molecule has 6 heteroatoms. The van der Waals surface area contributed by atoms with Crippen LogP contribution in [0.1, 0.15) is 36.1 Å². The molecule has 6 nitrogen and oxygen atoms in total. The Morgan fingerprint density at radius 3 is 2.54 bits per heavy atom. The van der Waals surface area contributed by atoms with Crippen LogP contribution in [-0.2, 0) is 20.7 Å². The lowest BCUT2D eigenvalue weighted by Crippen LogP contribution is -2.52. The first-order valence-corrected chi connectivity index (χ1v) is 9.18. The molecule has 0 saturated heterocycles. The normalized spacial score (nSPS) is 19.0. The van der Waals surface area contributed by atoms with Gasteiger partial charge in [0.15, 0.2) is 11.6 Å². The number of benzene rings is 2. The standard InChI is InChI=1S/C22H25NO5/c1-14-12-17(26-3)16-10-11-22(2,28-18(16)13-14)21(25)23-19(20(24)27-4)15-8-6-5-7-9-15/h5-9,12-13,19H,10-11H2,1-4H3,(H,23,25)/t19-,22-/m1/s1. The molecular formula is C22H25NO5. The maximum atomic E-state index is 13.1. The van der Waals surface area contributed by atoms with Crippen LogP contribution in [0.3, 0.4) is 0 Å². The molecule has 0 fully saturated rings. The van der Waals surface area contributed by atoms with Gasteiger partial charge in [-0.15, -0.1) is 0 Å². The molecule has 2 atom stereocenters. The summed E-state index contributed by atoms with van der Waals surface area (Å²) in [4.78, 5) is 25.4. The number of ether oxygens (including phenoxy) is 3. The van der Waals surface area contributed by atoms with Crippen LogP contribution >= 0.6 is 0 Å². The number of esters is 1. The third kappa shape index (κ3) is 3.81. The zero-order valence-electron chi connectivity index (χ0n) is 16.6. The quantitative estimate of drug-likeness (QED) is 0.803. The van der Waals surface area contributed by atoms with Crippen LogP contribution in [0.5, 0.6) is 11.5 Å². The first-order chi connectivity index (χ1) is 13.4. The maximum absolute atomic E-state index is 13.1. The van der Waals surface area contributed by atoms with Gasteiger partial charge in [-0.25, -0.2) is 4.79 Å². The molecule has 0 saturated carbocycles. The lowest BCUT2D eigenvalue weighted by molar-refractivity contribution is -0.148. The molecule has 2 aromatic rings. The molecule has 28 heavy (non-hydrogen) atoms. The molecule has 148 valence electrons. The second kappa shape index (κ2) is 7.92. The summed E-state index contributed by atoms with van der Waals surface area (Å²) in [6, 6.07) is 12.0. The van der Waals surface area contributed by atoms with E-state index in [1.165, 1.54) is 7.11 Å². The molecule has 3 rings (SSSR count). The van der Waals surface area contributed by atoms with Crippen molar-refractivity contribution in [2.45, 2.75) is 38.3 Å². The van der Waals surface area contributed by atoms with Crippen LogP contribution in [0.25, 0.3) is 0 Å². The van der Waals surface area contributed by atoms with Crippen LogP contribution in [0.2, 0.25) is 0 Å². The van der Waals surface area contributed by atoms with Gasteiger partial charge in [-0.1, -0.05) is 30.3 Å². The number of hydrogen-bond acceptors (Lipinski definition) is 5. The van der Waals surface area contributed by atoms with Crippen molar-refractivity contribution in [3.05, 3.63) is 59.2 Å². The van der Waals surface area contributed by atoms with Gasteiger partial charge in [0, 0.05) is 12.0 Å². The molecule has 0 radical (unpaired) electrons. The zero-order chi connectivity index (χ0) is 20.3. The second-order valence-corrected chi connectivity index (χ2v) is 7.12. The van der Waals surface area contributed by atoms with Crippen LogP contribution < -0.4 is 14.8 Å². The lowest BCUT2D eigenvalue weighted by atomic mass is 9.90. The number of methoxy groups -OCH3 is 2. The minimum absolute atomic E-state index is 0.363. The summed E-state index contributed by atoms with van der Waals surface area (Å²) in [5.74, 6) is 0.499. The van der Waals surface area contributed by atoms with E-state index in [2.05, 4.69) is 5.32 Å². The van der Waals surface area contributed by atoms with Crippen LogP contribution in [0.15, 0.2) is 42.5 Å². The van der Waals surface area contributed by atoms with E-state index >= 15 is 0 Å². The zero-order valence-corrected chi connectivity index (χ0v) is 16.6. The highest BCUT2D eigenvalue weighted by Crippen LogP contribution is 2.39. The number of amides is 1. The van der Waals surface area contributed by atoms with Crippen LogP contribution in [0, 0.1) is 6.92 Å². The summed E-state index contributed by atoms with van der Waals surface area (Å²) in [7, 11) is 2.92. The van der Waals surface area contributed by atoms with E-state index in [0.717, 1.165) is 16.9 Å². The number of carbonyl (C=O) groups is 2. The Morgan fingerprint density at radius 1 is 1.18 bits per heavy atom. The fourth-order valence-electron chi connectivity index (χ4n) is 3.41. The van der Waals surface area contributed by atoms with Crippen molar-refractivity contribution in [1.29, 1.82) is 0 Å². The Kier molecular flexibility index (Phi) is 5.58. The largest absolute Gasteiger partial charge is 0.496 e. The van der Waals surface area contributed by atoms with Gasteiger partial charge in [0.2, 0.25) is 0 Å². The Bertz CT molecular complexity index is 880. The van der Waals surface area contributed by atoms with Gasteiger partial charge >= 0.3 is 5.97 Å². The minimum Gasteiger partial charge on any atom is -0.496 e. The summed E-state index contributed by atoms with van der Waals surface area (Å²) in [6.45, 7) is 3.68. The molecule has 0 spiro atoms. The highest BCUT2D eigenvalue weighted by Gasteiger charge is 2.41. The summed E-state index contributed by atoms with van der Waals surface area (Å²) < 4.78 is 16.4. The van der Waals surface area contributed by atoms with E-state index < -0.39 is 17.6 Å². The molecule has 2 aromatic carbocycles. The van der Waals surface area contributed by atoms with Crippen molar-refractivity contribution in [1.82, 2.24) is 5.32 Å². The Balaban J connectivity index is 1.85. The number of hydrogen-bond donors (Lipinski definition) is 1. The van der Waals surface area contributed by atoms with E-state index in [-0.39, 0.29) is 5.91 Å². The summed E-state index contributed by atoms with van der Waals surface area (Å²) in [6.07, 6.45) is 1.10. The molecule has 0 unspecified atom stereocenters. The molecule has 1 N–H and O–H groups in total. The first-order valence-electron chi connectivity index (χ1n) is 9.18. The molecule has 1 heterocycles. The third-order valence-corrected chi connectivity index (χ3v) is 5.05. The number of rotatable bonds is 5. The Hall–Kier alpha value is -3.02. The monoisotopic (exact) mass is 383 g/mol. The molecule has 0 bridgehead atoms. The summed E-state index contributed by atoms with van der Waals surface area (Å²) in [5.41, 5.74) is 1.48. The number of aryl methyl sites for hydroxylation is 1. The average Bonchev–Trinajstić information content (AvgIpc) is 2.70. The van der Waals surface area contributed by atoms with E-state index in [0.29, 0.717) is 24.2 Å². The van der Waals surface area contributed by atoms with Gasteiger partial charge in [-0.3, -0.25) is 4.79 Å². The second-order valence-electron chi connectivity index (χ2n) is 7.12. The molecular weight excluding hydrogens is 358 g/mol. The van der Waals surface area contributed by atoms with Gasteiger partial charge in [0.05, 0.1) is 14.2 Å². The number of carbonyl (C=O) groups excluding carboxylic acids is 2. The summed E-state index contributed by atoms with van der Waals surface area (Å²) in [5, 5.41) is 2.80. The number of nitrogens with one attached hydrogen (secondary N) is 1. The Labute approximate surface area is 164 Å². The summed E-state index contributed by atoms with van der Waals surface area (Å²) >= 11 is 0. The molecule has 1 aliphatic rings. The van der Waals surface area contributed by atoms with Gasteiger partial charge in [-0.05, 0) is 43.5 Å². The van der Waals surface area contributed by atoms with Crippen molar-refractivity contribution in [2.24, 2.45) is 0 Å². The van der Waals surface area contributed by atoms with E-state index in [1.54, 1.807) is 26.2 Å². The minimum atomic E-state index is -1.10. The SMILES string of the molecule is COC(=O)[C@H](NC(=O)[C@@]1(C)CCc2c(OC)cc(C)cc2O1)c1ccccc1. The van der Waals surface area contributed by atoms with Crippen LogP contribution in [-0.4, -0.2) is 31.7 Å². The lowest BCUT2D eigenvalue weighted by Gasteiger charge is -2.36. The Morgan fingerprint density at radius 2 is 1.89 bits per heavy atom. The van der Waals surface area contributed by atoms with E-state index in [1.807, 2.05) is 37.3 Å². The molecule has 1 amide bonds. The first kappa shape index (κ1) is 19.7. The predicted octanol–water partition coefficient (Wildman–Crippen LogP) is 3.12.